The number of nitrogens with zero attached hydrogens (tertiary/aromatic N) is 3. The number of hydrogen-bond donors (Lipinski definition) is 2. The van der Waals surface area contributed by atoms with E-state index >= 15 is 0 Å². The van der Waals surface area contributed by atoms with Crippen LogP contribution < -0.4 is 0 Å². The number of rotatable bonds is 5. The Morgan fingerprint density at radius 2 is 2.14 bits per heavy atom. The van der Waals surface area contributed by atoms with Gasteiger partial charge in [0.2, 0.25) is 0 Å². The molecular formula is C8H13N3O3. The van der Waals surface area contributed by atoms with E-state index in [9.17, 15) is 4.79 Å². The topological polar surface area (TPSA) is 88.2 Å². The summed E-state index contributed by atoms with van der Waals surface area (Å²) in [6.07, 6.45) is 0.321. The number of ketones is 1. The van der Waals surface area contributed by atoms with E-state index in [1.807, 2.05) is 0 Å². The highest BCUT2D eigenvalue weighted by Gasteiger charge is 2.15. The van der Waals surface area contributed by atoms with Crippen LogP contribution in [0, 0.1) is 0 Å². The van der Waals surface area contributed by atoms with Crippen LogP contribution in [-0.2, 0) is 13.0 Å². The molecule has 0 spiro atoms. The lowest BCUT2D eigenvalue weighted by Crippen LogP contribution is -2.11. The van der Waals surface area contributed by atoms with Crippen LogP contribution in [0.1, 0.15) is 23.1 Å². The molecule has 1 rings (SSSR count). The molecule has 1 aromatic rings. The van der Waals surface area contributed by atoms with Gasteiger partial charge in [-0.2, -0.15) is 0 Å². The third-order valence-electron chi connectivity index (χ3n) is 1.83. The highest BCUT2D eigenvalue weighted by molar-refractivity contribution is 5.93. The van der Waals surface area contributed by atoms with Gasteiger partial charge in [0.1, 0.15) is 0 Å². The predicted octanol–water partition coefficient (Wildman–Crippen LogP) is -0.992. The Hall–Kier alpha value is -1.27. The third kappa shape index (κ3) is 2.15. The summed E-state index contributed by atoms with van der Waals surface area (Å²) in [4.78, 5) is 11.1. The summed E-state index contributed by atoms with van der Waals surface area (Å²) >= 11 is 0. The number of aromatic nitrogens is 3. The van der Waals surface area contributed by atoms with E-state index in [0.29, 0.717) is 12.1 Å². The fourth-order valence-electron chi connectivity index (χ4n) is 1.23. The quantitative estimate of drug-likeness (QED) is 0.594. The SMILES string of the molecule is CC(=O)c1nnn(CCO)c1CCO. The van der Waals surface area contributed by atoms with E-state index in [2.05, 4.69) is 10.3 Å². The van der Waals surface area contributed by atoms with Crippen LogP contribution in [0.5, 0.6) is 0 Å². The fraction of sp³-hybridized carbons (Fsp3) is 0.625. The van der Waals surface area contributed by atoms with E-state index in [4.69, 9.17) is 10.2 Å². The average Bonchev–Trinajstić information content (AvgIpc) is 2.50. The molecule has 0 atom stereocenters. The molecule has 0 aromatic carbocycles. The molecule has 0 unspecified atom stereocenters. The molecule has 2 N–H and O–H groups in total. The number of aliphatic hydroxyl groups excluding tert-OH is 2. The van der Waals surface area contributed by atoms with Crippen molar-refractivity contribution in [2.75, 3.05) is 13.2 Å². The highest BCUT2D eigenvalue weighted by Crippen LogP contribution is 2.06. The molecule has 1 heterocycles. The summed E-state index contributed by atoms with van der Waals surface area (Å²) in [5.74, 6) is -0.183. The summed E-state index contributed by atoms with van der Waals surface area (Å²) in [7, 11) is 0. The number of hydrogen-bond acceptors (Lipinski definition) is 5. The largest absolute Gasteiger partial charge is 0.396 e. The van der Waals surface area contributed by atoms with Crippen molar-refractivity contribution in [1.29, 1.82) is 0 Å². The Bertz CT molecular complexity index is 322. The lowest BCUT2D eigenvalue weighted by molar-refractivity contribution is 0.101. The second-order valence-electron chi connectivity index (χ2n) is 2.86. The first-order valence-corrected chi connectivity index (χ1v) is 4.35. The molecule has 0 aliphatic heterocycles. The molecule has 6 nitrogen and oxygen atoms in total. The Balaban J connectivity index is 3.00. The van der Waals surface area contributed by atoms with Crippen LogP contribution in [0.2, 0.25) is 0 Å². The maximum absolute atomic E-state index is 11.1. The fourth-order valence-corrected chi connectivity index (χ4v) is 1.23. The maximum atomic E-state index is 11.1. The smallest absolute Gasteiger partial charge is 0.181 e. The molecule has 0 saturated heterocycles. The average molecular weight is 199 g/mol. The van der Waals surface area contributed by atoms with Gasteiger partial charge >= 0.3 is 0 Å². The maximum Gasteiger partial charge on any atom is 0.181 e. The van der Waals surface area contributed by atoms with Gasteiger partial charge in [-0.3, -0.25) is 4.79 Å². The number of aliphatic hydroxyl groups is 2. The van der Waals surface area contributed by atoms with Gasteiger partial charge in [-0.25, -0.2) is 4.68 Å². The van der Waals surface area contributed by atoms with Gasteiger partial charge in [-0.05, 0) is 0 Å². The van der Waals surface area contributed by atoms with Gasteiger partial charge in [0.15, 0.2) is 11.5 Å². The molecule has 0 bridgehead atoms. The normalized spacial score (nSPS) is 10.5. The van der Waals surface area contributed by atoms with Gasteiger partial charge < -0.3 is 10.2 Å². The highest BCUT2D eigenvalue weighted by atomic mass is 16.3. The van der Waals surface area contributed by atoms with Crippen molar-refractivity contribution in [1.82, 2.24) is 15.0 Å². The van der Waals surface area contributed by atoms with Gasteiger partial charge in [0.25, 0.3) is 0 Å². The van der Waals surface area contributed by atoms with E-state index in [1.54, 1.807) is 0 Å². The van der Waals surface area contributed by atoms with Crippen LogP contribution in [0.15, 0.2) is 0 Å². The van der Waals surface area contributed by atoms with Crippen LogP contribution in [0.4, 0.5) is 0 Å². The Kier molecular flexibility index (Phi) is 3.73. The third-order valence-corrected chi connectivity index (χ3v) is 1.83. The predicted molar refractivity (Wildman–Crippen MR) is 47.9 cm³/mol. The van der Waals surface area contributed by atoms with E-state index in [0.717, 1.165) is 0 Å². The summed E-state index contributed by atoms with van der Waals surface area (Å²) in [5, 5.41) is 24.9. The standard InChI is InChI=1S/C8H13N3O3/c1-6(14)8-7(2-4-12)11(3-5-13)10-9-8/h12-13H,2-5H2,1H3. The van der Waals surface area contributed by atoms with Crippen LogP contribution in [0.3, 0.4) is 0 Å². The Morgan fingerprint density at radius 1 is 1.43 bits per heavy atom. The summed E-state index contributed by atoms with van der Waals surface area (Å²) in [5.41, 5.74) is 0.849. The summed E-state index contributed by atoms with van der Waals surface area (Å²) < 4.78 is 1.44. The van der Waals surface area contributed by atoms with E-state index in [-0.39, 0.29) is 31.2 Å². The minimum Gasteiger partial charge on any atom is -0.396 e. The van der Waals surface area contributed by atoms with Crippen molar-refractivity contribution in [3.63, 3.8) is 0 Å². The Morgan fingerprint density at radius 3 is 2.64 bits per heavy atom. The summed E-state index contributed by atoms with van der Waals surface area (Å²) in [6.45, 7) is 1.54. The van der Waals surface area contributed by atoms with Gasteiger partial charge in [0, 0.05) is 20.0 Å². The van der Waals surface area contributed by atoms with Crippen molar-refractivity contribution in [2.24, 2.45) is 0 Å². The van der Waals surface area contributed by atoms with Crippen molar-refractivity contribution < 1.29 is 15.0 Å². The molecule has 1 aromatic heterocycles. The van der Waals surface area contributed by atoms with Crippen LogP contribution in [-0.4, -0.2) is 44.2 Å². The lowest BCUT2D eigenvalue weighted by atomic mass is 10.2. The van der Waals surface area contributed by atoms with Crippen molar-refractivity contribution in [3.05, 3.63) is 11.4 Å². The first-order valence-electron chi connectivity index (χ1n) is 4.35. The summed E-state index contributed by atoms with van der Waals surface area (Å²) in [6, 6.07) is 0. The van der Waals surface area contributed by atoms with Gasteiger partial charge in [-0.15, -0.1) is 5.10 Å². The molecule has 0 saturated carbocycles. The zero-order chi connectivity index (χ0) is 10.6. The van der Waals surface area contributed by atoms with Gasteiger partial charge in [0.05, 0.1) is 18.8 Å². The molecule has 0 radical (unpaired) electrons. The van der Waals surface area contributed by atoms with Crippen molar-refractivity contribution >= 4 is 5.78 Å². The minimum atomic E-state index is -0.183. The molecule has 0 aliphatic rings. The molecule has 0 fully saturated rings. The molecule has 6 heteroatoms. The molecule has 78 valence electrons. The van der Waals surface area contributed by atoms with Gasteiger partial charge in [-0.1, -0.05) is 5.21 Å². The minimum absolute atomic E-state index is 0.0703. The van der Waals surface area contributed by atoms with Crippen LogP contribution >= 0.6 is 0 Å². The number of carbonyl (C=O) groups is 1. The second kappa shape index (κ2) is 4.83. The zero-order valence-electron chi connectivity index (χ0n) is 7.97. The number of carbonyl (C=O) groups excluding carboxylic acids is 1. The number of Topliss-reactive ketones (excluding diaryl/α,β-unsaturated/α-hetero) is 1. The monoisotopic (exact) mass is 199 g/mol. The Labute approximate surface area is 81.2 Å². The molecule has 0 aliphatic carbocycles. The lowest BCUT2D eigenvalue weighted by Gasteiger charge is -2.03. The first-order chi connectivity index (χ1) is 6.70. The van der Waals surface area contributed by atoms with E-state index < -0.39 is 0 Å². The van der Waals surface area contributed by atoms with Crippen molar-refractivity contribution in [2.45, 2.75) is 19.9 Å². The molecule has 0 amide bonds. The first kappa shape index (κ1) is 10.8. The molecule has 14 heavy (non-hydrogen) atoms. The molecular weight excluding hydrogens is 186 g/mol. The second-order valence-corrected chi connectivity index (χ2v) is 2.86. The zero-order valence-corrected chi connectivity index (χ0v) is 7.97. The van der Waals surface area contributed by atoms with E-state index in [1.165, 1.54) is 11.6 Å². The van der Waals surface area contributed by atoms with Crippen LogP contribution in [0.25, 0.3) is 0 Å². The van der Waals surface area contributed by atoms with Crippen molar-refractivity contribution in [3.8, 4) is 0 Å².